The number of hydrogen-bond acceptors (Lipinski definition) is 5. The van der Waals surface area contributed by atoms with E-state index < -0.39 is 0 Å². The van der Waals surface area contributed by atoms with Crippen LogP contribution < -0.4 is 10.6 Å². The van der Waals surface area contributed by atoms with Gasteiger partial charge in [-0.15, -0.1) is 0 Å². The van der Waals surface area contributed by atoms with Gasteiger partial charge in [0.15, 0.2) is 0 Å². The summed E-state index contributed by atoms with van der Waals surface area (Å²) in [6.45, 7) is 6.49. The fourth-order valence-corrected chi connectivity index (χ4v) is 2.91. The van der Waals surface area contributed by atoms with Crippen molar-refractivity contribution in [3.63, 3.8) is 0 Å². The number of benzene rings is 2. The van der Waals surface area contributed by atoms with Gasteiger partial charge in [-0.2, -0.15) is 4.98 Å². The van der Waals surface area contributed by atoms with E-state index in [1.54, 1.807) is 0 Å². The predicted octanol–water partition coefficient (Wildman–Crippen LogP) is 4.96. The molecule has 0 radical (unpaired) electrons. The molecule has 28 heavy (non-hydrogen) atoms. The van der Waals surface area contributed by atoms with E-state index in [2.05, 4.69) is 39.8 Å². The van der Waals surface area contributed by atoms with Gasteiger partial charge in [-0.05, 0) is 43.0 Å². The van der Waals surface area contributed by atoms with Gasteiger partial charge in [-0.25, -0.2) is 0 Å². The molecule has 0 unspecified atom stereocenters. The predicted molar refractivity (Wildman–Crippen MR) is 111 cm³/mol. The third kappa shape index (κ3) is 4.76. The summed E-state index contributed by atoms with van der Waals surface area (Å²) in [5, 5.41) is 10.3. The van der Waals surface area contributed by atoms with Crippen molar-refractivity contribution in [1.29, 1.82) is 0 Å². The maximum Gasteiger partial charge on any atom is 0.246 e. The first-order chi connectivity index (χ1) is 13.6. The van der Waals surface area contributed by atoms with Gasteiger partial charge in [-0.1, -0.05) is 49.3 Å². The number of aromatic nitrogens is 2. The molecule has 0 bridgehead atoms. The zero-order valence-corrected chi connectivity index (χ0v) is 16.6. The third-order valence-corrected chi connectivity index (χ3v) is 4.60. The van der Waals surface area contributed by atoms with Gasteiger partial charge in [0.1, 0.15) is 0 Å². The molecule has 0 saturated heterocycles. The van der Waals surface area contributed by atoms with E-state index in [4.69, 9.17) is 4.52 Å². The van der Waals surface area contributed by atoms with Gasteiger partial charge in [0, 0.05) is 23.4 Å². The van der Waals surface area contributed by atoms with E-state index in [1.165, 1.54) is 5.56 Å². The van der Waals surface area contributed by atoms with Crippen LogP contribution in [0.1, 0.15) is 43.7 Å². The maximum absolute atomic E-state index is 11.9. The average molecular weight is 378 g/mol. The van der Waals surface area contributed by atoms with Crippen LogP contribution in [0.15, 0.2) is 47.0 Å². The van der Waals surface area contributed by atoms with Crippen LogP contribution >= 0.6 is 0 Å². The number of carbonyl (C=O) groups excluding carboxylic acids is 1. The van der Waals surface area contributed by atoms with Gasteiger partial charge in [0.05, 0.1) is 6.54 Å². The van der Waals surface area contributed by atoms with Crippen LogP contribution in [0.25, 0.3) is 11.4 Å². The molecule has 0 spiro atoms. The van der Waals surface area contributed by atoms with Crippen LogP contribution in [0.3, 0.4) is 0 Å². The molecule has 6 heteroatoms. The molecule has 1 amide bonds. The molecule has 2 aromatic carbocycles. The number of rotatable bonds is 8. The van der Waals surface area contributed by atoms with Gasteiger partial charge in [0.25, 0.3) is 0 Å². The number of hydrogen-bond donors (Lipinski definition) is 2. The Morgan fingerprint density at radius 2 is 1.82 bits per heavy atom. The summed E-state index contributed by atoms with van der Waals surface area (Å²) in [6, 6.07) is 13.9. The van der Waals surface area contributed by atoms with E-state index in [-0.39, 0.29) is 5.91 Å². The molecule has 1 aromatic heterocycles. The molecule has 3 aromatic rings. The molecule has 1 heterocycles. The third-order valence-electron chi connectivity index (χ3n) is 4.60. The summed E-state index contributed by atoms with van der Waals surface area (Å²) in [4.78, 5) is 16.3. The van der Waals surface area contributed by atoms with Gasteiger partial charge < -0.3 is 15.2 Å². The molecule has 0 fully saturated rings. The van der Waals surface area contributed by atoms with Crippen LogP contribution in [0.2, 0.25) is 0 Å². The van der Waals surface area contributed by atoms with Crippen LogP contribution in [-0.4, -0.2) is 16.0 Å². The fraction of sp³-hybridized carbons (Fsp3) is 0.318. The molecule has 0 aliphatic heterocycles. The van der Waals surface area contributed by atoms with Crippen molar-refractivity contribution in [3.05, 3.63) is 59.5 Å². The van der Waals surface area contributed by atoms with E-state index in [0.717, 1.165) is 35.3 Å². The summed E-state index contributed by atoms with van der Waals surface area (Å²) in [6.07, 6.45) is 2.34. The quantitative estimate of drug-likeness (QED) is 0.579. The minimum Gasteiger partial charge on any atom is -0.376 e. The average Bonchev–Trinajstić information content (AvgIpc) is 3.18. The molecule has 6 nitrogen and oxygen atoms in total. The van der Waals surface area contributed by atoms with E-state index in [9.17, 15) is 4.79 Å². The van der Waals surface area contributed by atoms with E-state index in [0.29, 0.717) is 24.7 Å². The first kappa shape index (κ1) is 19.6. The summed E-state index contributed by atoms with van der Waals surface area (Å²) < 4.78 is 5.37. The number of aryl methyl sites for hydroxylation is 1. The second-order valence-electron chi connectivity index (χ2n) is 6.69. The van der Waals surface area contributed by atoms with Gasteiger partial charge in [-0.3, -0.25) is 4.79 Å². The molecular formula is C22H26N4O2. The number of anilines is 2. The molecule has 146 valence electrons. The lowest BCUT2D eigenvalue weighted by Gasteiger charge is -2.13. The van der Waals surface area contributed by atoms with Crippen LogP contribution in [-0.2, 0) is 17.8 Å². The van der Waals surface area contributed by atoms with Crippen LogP contribution in [0.5, 0.6) is 0 Å². The van der Waals surface area contributed by atoms with E-state index in [1.807, 2.05) is 44.2 Å². The number of nitrogens with one attached hydrogen (secondary N) is 2. The van der Waals surface area contributed by atoms with Crippen molar-refractivity contribution in [2.45, 2.75) is 46.6 Å². The largest absolute Gasteiger partial charge is 0.376 e. The maximum atomic E-state index is 11.9. The Balaban J connectivity index is 1.66. The van der Waals surface area contributed by atoms with Crippen molar-refractivity contribution in [2.75, 3.05) is 10.6 Å². The van der Waals surface area contributed by atoms with Crippen LogP contribution in [0, 0.1) is 6.92 Å². The first-order valence-electron chi connectivity index (χ1n) is 9.66. The zero-order chi connectivity index (χ0) is 19.9. The molecule has 0 aliphatic rings. The highest BCUT2D eigenvalue weighted by molar-refractivity contribution is 5.92. The highest BCUT2D eigenvalue weighted by Crippen LogP contribution is 2.24. The Labute approximate surface area is 165 Å². The summed E-state index contributed by atoms with van der Waals surface area (Å²) >= 11 is 0. The first-order valence-corrected chi connectivity index (χ1v) is 9.66. The lowest BCUT2D eigenvalue weighted by molar-refractivity contribution is -0.116. The Morgan fingerprint density at radius 1 is 1.07 bits per heavy atom. The smallest absolute Gasteiger partial charge is 0.246 e. The fourth-order valence-electron chi connectivity index (χ4n) is 2.91. The number of nitrogens with zero attached hydrogens (tertiary/aromatic N) is 2. The van der Waals surface area contributed by atoms with Crippen molar-refractivity contribution >= 4 is 17.3 Å². The molecular weight excluding hydrogens is 352 g/mol. The molecule has 2 N–H and O–H groups in total. The van der Waals surface area contributed by atoms with Crippen molar-refractivity contribution in [3.8, 4) is 11.4 Å². The van der Waals surface area contributed by atoms with E-state index >= 15 is 0 Å². The summed E-state index contributed by atoms with van der Waals surface area (Å²) in [5.41, 5.74) is 4.91. The molecule has 3 rings (SSSR count). The second kappa shape index (κ2) is 9.17. The van der Waals surface area contributed by atoms with Crippen molar-refractivity contribution in [1.82, 2.24) is 10.1 Å². The normalized spacial score (nSPS) is 10.7. The Morgan fingerprint density at radius 3 is 2.54 bits per heavy atom. The number of amides is 1. The molecule has 0 saturated carbocycles. The topological polar surface area (TPSA) is 80.0 Å². The number of carbonyl (C=O) groups is 1. The van der Waals surface area contributed by atoms with Crippen molar-refractivity contribution < 1.29 is 9.32 Å². The Hall–Kier alpha value is -3.15. The van der Waals surface area contributed by atoms with Gasteiger partial charge in [0.2, 0.25) is 17.6 Å². The second-order valence-corrected chi connectivity index (χ2v) is 6.69. The highest BCUT2D eigenvalue weighted by atomic mass is 16.5. The zero-order valence-electron chi connectivity index (χ0n) is 16.6. The summed E-state index contributed by atoms with van der Waals surface area (Å²) in [7, 11) is 0. The Kier molecular flexibility index (Phi) is 6.42. The highest BCUT2D eigenvalue weighted by Gasteiger charge is 2.11. The lowest BCUT2D eigenvalue weighted by atomic mass is 10.1. The van der Waals surface area contributed by atoms with Crippen LogP contribution in [0.4, 0.5) is 11.4 Å². The minimum absolute atomic E-state index is 0.0263. The Bertz CT molecular complexity index is 932. The summed E-state index contributed by atoms with van der Waals surface area (Å²) in [5.74, 6) is 1.12. The SMILES string of the molecule is CCCC(=O)Nc1cccc(NCc2nc(-c3ccc(CC)cc3)no2)c1C. The minimum atomic E-state index is 0.0263. The standard InChI is InChI=1S/C22H26N4O2/c1-4-7-20(27)24-19-9-6-8-18(15(19)3)23-14-21-25-22(26-28-21)17-12-10-16(5-2)11-13-17/h6,8-13,23H,4-5,7,14H2,1-3H3,(H,24,27). The van der Waals surface area contributed by atoms with Gasteiger partial charge >= 0.3 is 0 Å². The van der Waals surface area contributed by atoms with Crippen molar-refractivity contribution in [2.24, 2.45) is 0 Å². The molecule has 0 atom stereocenters. The lowest BCUT2D eigenvalue weighted by Crippen LogP contribution is -2.12. The molecule has 0 aliphatic carbocycles. The monoisotopic (exact) mass is 378 g/mol.